The van der Waals surface area contributed by atoms with E-state index in [0.29, 0.717) is 17.9 Å². The van der Waals surface area contributed by atoms with Crippen molar-refractivity contribution < 1.29 is 14.3 Å². The molecule has 2 aromatic heterocycles. The molecule has 0 atom stereocenters. The van der Waals surface area contributed by atoms with Crippen LogP contribution in [0.15, 0.2) is 53.6 Å². The molecule has 2 heterocycles. The molecule has 2 N–H and O–H groups in total. The van der Waals surface area contributed by atoms with Crippen LogP contribution in [0.1, 0.15) is 29.3 Å². The minimum absolute atomic E-state index is 0.0483. The summed E-state index contributed by atoms with van der Waals surface area (Å²) in [6, 6.07) is 10.3. The van der Waals surface area contributed by atoms with Crippen LogP contribution in [0.4, 0.5) is 5.69 Å². The molecule has 8 heteroatoms. The normalized spacial score (nSPS) is 10.6. The van der Waals surface area contributed by atoms with Crippen molar-refractivity contribution in [1.29, 1.82) is 0 Å². The summed E-state index contributed by atoms with van der Waals surface area (Å²) in [6.07, 6.45) is 3.69. The molecule has 8 nitrogen and oxygen atoms in total. The minimum Gasteiger partial charge on any atom is -0.497 e. The third-order valence-electron chi connectivity index (χ3n) is 4.31. The van der Waals surface area contributed by atoms with Gasteiger partial charge in [0.25, 0.3) is 11.5 Å². The predicted octanol–water partition coefficient (Wildman–Crippen LogP) is 2.02. The van der Waals surface area contributed by atoms with Gasteiger partial charge in [-0.25, -0.2) is 4.98 Å². The van der Waals surface area contributed by atoms with E-state index < -0.39 is 5.56 Å². The number of amides is 2. The first-order valence-electron chi connectivity index (χ1n) is 9.25. The number of carbonyl (C=O) groups is 2. The fraction of sp³-hybridized carbons (Fsp3) is 0.238. The lowest BCUT2D eigenvalue weighted by molar-refractivity contribution is -0.115. The first kappa shape index (κ1) is 20.1. The van der Waals surface area contributed by atoms with Gasteiger partial charge in [-0.2, -0.15) is 0 Å². The second kappa shape index (κ2) is 9.01. The molecule has 0 bridgehead atoms. The van der Waals surface area contributed by atoms with Crippen molar-refractivity contribution in [1.82, 2.24) is 14.7 Å². The highest BCUT2D eigenvalue weighted by Gasteiger charge is 2.14. The average molecular weight is 394 g/mol. The van der Waals surface area contributed by atoms with Crippen LogP contribution in [-0.4, -0.2) is 34.9 Å². The Labute approximate surface area is 167 Å². The van der Waals surface area contributed by atoms with E-state index in [1.54, 1.807) is 43.5 Å². The molecular weight excluding hydrogens is 372 g/mol. The number of ether oxygens (including phenoxy) is 1. The Morgan fingerprint density at radius 1 is 1.17 bits per heavy atom. The summed E-state index contributed by atoms with van der Waals surface area (Å²) in [4.78, 5) is 41.6. The van der Waals surface area contributed by atoms with E-state index >= 15 is 0 Å². The van der Waals surface area contributed by atoms with Crippen molar-refractivity contribution >= 4 is 23.1 Å². The first-order valence-corrected chi connectivity index (χ1v) is 9.25. The summed E-state index contributed by atoms with van der Waals surface area (Å²) < 4.78 is 6.35. The lowest BCUT2D eigenvalue weighted by atomic mass is 10.1. The molecule has 3 rings (SSSR count). The third-order valence-corrected chi connectivity index (χ3v) is 4.31. The Morgan fingerprint density at radius 2 is 1.93 bits per heavy atom. The largest absolute Gasteiger partial charge is 0.497 e. The maximum absolute atomic E-state index is 12.7. The molecule has 0 aliphatic rings. The molecule has 0 aliphatic carbocycles. The van der Waals surface area contributed by atoms with Crippen LogP contribution in [-0.2, 0) is 11.2 Å². The standard InChI is InChI=1S/C21H22N4O4/c1-3-10-22-20(27)16-5-4-11-25-19(16)23-13-17(21(25)28)24-18(26)12-14-6-8-15(29-2)9-7-14/h4-9,11,13H,3,10,12H2,1-2H3,(H,22,27)(H,24,26). The Hall–Kier alpha value is -3.68. The average Bonchev–Trinajstić information content (AvgIpc) is 2.74. The van der Waals surface area contributed by atoms with Gasteiger partial charge in [-0.05, 0) is 36.2 Å². The van der Waals surface area contributed by atoms with Gasteiger partial charge in [0.15, 0.2) is 5.65 Å². The van der Waals surface area contributed by atoms with Crippen LogP contribution in [0.2, 0.25) is 0 Å². The molecule has 0 radical (unpaired) electrons. The van der Waals surface area contributed by atoms with E-state index in [1.807, 2.05) is 6.92 Å². The number of benzene rings is 1. The number of hydrogen-bond donors (Lipinski definition) is 2. The zero-order valence-electron chi connectivity index (χ0n) is 16.3. The van der Waals surface area contributed by atoms with Gasteiger partial charge in [-0.1, -0.05) is 19.1 Å². The molecule has 0 unspecified atom stereocenters. The fourth-order valence-electron chi connectivity index (χ4n) is 2.83. The second-order valence-electron chi connectivity index (χ2n) is 6.42. The van der Waals surface area contributed by atoms with Gasteiger partial charge in [0, 0.05) is 12.7 Å². The van der Waals surface area contributed by atoms with Gasteiger partial charge < -0.3 is 15.4 Å². The molecule has 0 aliphatic heterocycles. The number of aromatic nitrogens is 2. The number of pyridine rings is 1. The van der Waals surface area contributed by atoms with Gasteiger partial charge >= 0.3 is 0 Å². The molecule has 29 heavy (non-hydrogen) atoms. The summed E-state index contributed by atoms with van der Waals surface area (Å²) >= 11 is 0. The van der Waals surface area contributed by atoms with E-state index in [0.717, 1.165) is 12.0 Å². The summed E-state index contributed by atoms with van der Waals surface area (Å²) in [5.74, 6) is 0.0592. The van der Waals surface area contributed by atoms with Gasteiger partial charge in [0.2, 0.25) is 5.91 Å². The molecule has 3 aromatic rings. The Kier molecular flexibility index (Phi) is 6.23. The summed E-state index contributed by atoms with van der Waals surface area (Å²) in [5.41, 5.74) is 0.913. The topological polar surface area (TPSA) is 102 Å². The highest BCUT2D eigenvalue weighted by Crippen LogP contribution is 2.13. The smallest absolute Gasteiger partial charge is 0.281 e. The molecule has 0 fully saturated rings. The Balaban J connectivity index is 1.81. The summed E-state index contributed by atoms with van der Waals surface area (Å²) in [5, 5.41) is 5.37. The molecular formula is C21H22N4O4. The molecule has 0 spiro atoms. The Bertz CT molecular complexity index is 1090. The van der Waals surface area contributed by atoms with Crippen molar-refractivity contribution in [2.75, 3.05) is 19.0 Å². The van der Waals surface area contributed by atoms with Crippen LogP contribution < -0.4 is 20.9 Å². The monoisotopic (exact) mass is 394 g/mol. The van der Waals surface area contributed by atoms with Crippen molar-refractivity contribution in [3.63, 3.8) is 0 Å². The SMILES string of the molecule is CCCNC(=O)c1cccn2c(=O)c(NC(=O)Cc3ccc(OC)cc3)cnc12. The maximum Gasteiger partial charge on any atom is 0.281 e. The van der Waals surface area contributed by atoms with Gasteiger partial charge in [0.1, 0.15) is 11.4 Å². The number of nitrogens with zero attached hydrogens (tertiary/aromatic N) is 2. The lowest BCUT2D eigenvalue weighted by Gasteiger charge is -2.10. The molecule has 0 saturated carbocycles. The van der Waals surface area contributed by atoms with Crippen molar-refractivity contribution in [3.8, 4) is 5.75 Å². The van der Waals surface area contributed by atoms with E-state index in [1.165, 1.54) is 16.8 Å². The van der Waals surface area contributed by atoms with E-state index in [2.05, 4.69) is 15.6 Å². The van der Waals surface area contributed by atoms with Crippen molar-refractivity contribution in [3.05, 3.63) is 70.3 Å². The van der Waals surface area contributed by atoms with Gasteiger partial charge in [0.05, 0.1) is 25.3 Å². The fourth-order valence-corrected chi connectivity index (χ4v) is 2.83. The van der Waals surface area contributed by atoms with Crippen LogP contribution in [0.5, 0.6) is 5.75 Å². The van der Waals surface area contributed by atoms with E-state index in [-0.39, 0.29) is 29.6 Å². The van der Waals surface area contributed by atoms with Crippen LogP contribution in [0.3, 0.4) is 0 Å². The summed E-state index contributed by atoms with van der Waals surface area (Å²) in [6.45, 7) is 2.48. The van der Waals surface area contributed by atoms with E-state index in [4.69, 9.17) is 4.74 Å². The van der Waals surface area contributed by atoms with Crippen molar-refractivity contribution in [2.45, 2.75) is 19.8 Å². The quantitative estimate of drug-likeness (QED) is 0.638. The van der Waals surface area contributed by atoms with Gasteiger partial charge in [-0.3, -0.25) is 18.8 Å². The molecule has 1 aromatic carbocycles. The third kappa shape index (κ3) is 4.60. The zero-order chi connectivity index (χ0) is 20.8. The van der Waals surface area contributed by atoms with Crippen LogP contribution >= 0.6 is 0 Å². The predicted molar refractivity (Wildman–Crippen MR) is 109 cm³/mol. The zero-order valence-corrected chi connectivity index (χ0v) is 16.3. The molecule has 2 amide bonds. The number of methoxy groups -OCH3 is 1. The van der Waals surface area contributed by atoms with Crippen LogP contribution in [0, 0.1) is 0 Å². The first-order chi connectivity index (χ1) is 14.0. The number of rotatable bonds is 7. The summed E-state index contributed by atoms with van der Waals surface area (Å²) in [7, 11) is 1.57. The lowest BCUT2D eigenvalue weighted by Crippen LogP contribution is -2.28. The Morgan fingerprint density at radius 3 is 2.62 bits per heavy atom. The van der Waals surface area contributed by atoms with E-state index in [9.17, 15) is 14.4 Å². The molecule has 0 saturated heterocycles. The number of anilines is 1. The number of nitrogens with one attached hydrogen (secondary N) is 2. The highest BCUT2D eigenvalue weighted by atomic mass is 16.5. The number of fused-ring (bicyclic) bond motifs is 1. The maximum atomic E-state index is 12.7. The van der Waals surface area contributed by atoms with Crippen LogP contribution in [0.25, 0.3) is 5.65 Å². The molecule has 150 valence electrons. The second-order valence-corrected chi connectivity index (χ2v) is 6.42. The highest BCUT2D eigenvalue weighted by molar-refractivity contribution is 6.00. The minimum atomic E-state index is -0.455. The van der Waals surface area contributed by atoms with Crippen molar-refractivity contribution in [2.24, 2.45) is 0 Å². The number of hydrogen-bond acceptors (Lipinski definition) is 5. The van der Waals surface area contributed by atoms with Gasteiger partial charge in [-0.15, -0.1) is 0 Å². The number of carbonyl (C=O) groups excluding carboxylic acids is 2.